The predicted octanol–water partition coefficient (Wildman–Crippen LogP) is -7.65. The van der Waals surface area contributed by atoms with Gasteiger partial charge in [0, 0.05) is 19.3 Å². The van der Waals surface area contributed by atoms with E-state index in [2.05, 4.69) is 31.9 Å². The zero-order valence-electron chi connectivity index (χ0n) is 40.3. The molecule has 0 aliphatic rings. The molecule has 1 rings (SSSR count). The fraction of sp³-hybridized carbons (Fsp3) is 0.581. The van der Waals surface area contributed by atoms with Crippen molar-refractivity contribution in [2.45, 2.75) is 114 Å². The second-order valence-corrected chi connectivity index (χ2v) is 17.0. The summed E-state index contributed by atoms with van der Waals surface area (Å²) < 4.78 is 0. The molecule has 9 amide bonds. The molecule has 0 aromatic heterocycles. The number of aliphatic carboxylic acids is 3. The summed E-state index contributed by atoms with van der Waals surface area (Å²) in [5, 5.41) is 96.3. The lowest BCUT2D eigenvalue weighted by Gasteiger charge is -2.27. The molecule has 19 N–H and O–H groups in total. The average molecular weight is 1040 g/mol. The molecular formula is C43H66N10O20. The molecule has 0 bridgehead atoms. The summed E-state index contributed by atoms with van der Waals surface area (Å²) in [6.07, 6.45) is -2.91. The molecule has 1 aromatic rings. The third-order valence-electron chi connectivity index (χ3n) is 10.5. The number of phenolic OH excluding ortho intramolecular Hbond substituents is 1. The van der Waals surface area contributed by atoms with E-state index in [1.54, 1.807) is 13.8 Å². The van der Waals surface area contributed by atoms with Crippen molar-refractivity contribution in [2.24, 2.45) is 17.6 Å². The largest absolute Gasteiger partial charge is 0.508 e. The van der Waals surface area contributed by atoms with Crippen molar-refractivity contribution in [2.75, 3.05) is 33.0 Å². The number of hydrogen-bond acceptors (Lipinski definition) is 18. The molecule has 0 radical (unpaired) electrons. The van der Waals surface area contributed by atoms with Crippen molar-refractivity contribution in [1.82, 2.24) is 47.9 Å². The maximum absolute atomic E-state index is 13.9. The number of benzene rings is 1. The Balaban J connectivity index is 3.27. The Morgan fingerprint density at radius 2 is 0.836 bits per heavy atom. The number of hydrogen-bond donors (Lipinski definition) is 18. The van der Waals surface area contributed by atoms with E-state index in [-0.39, 0.29) is 11.3 Å². The van der Waals surface area contributed by atoms with Crippen LogP contribution in [0.25, 0.3) is 0 Å². The second kappa shape index (κ2) is 31.7. The van der Waals surface area contributed by atoms with Crippen LogP contribution in [0.5, 0.6) is 5.75 Å². The topological polar surface area (TPSA) is 501 Å². The maximum Gasteiger partial charge on any atom is 0.328 e. The van der Waals surface area contributed by atoms with Crippen LogP contribution >= 0.6 is 0 Å². The number of carboxylic acids is 3. The van der Waals surface area contributed by atoms with E-state index in [0.717, 1.165) is 0 Å². The van der Waals surface area contributed by atoms with E-state index in [4.69, 9.17) is 10.8 Å². The molecular weight excluding hydrogens is 977 g/mol. The Hall–Kier alpha value is -7.54. The molecule has 0 fully saturated rings. The SMILES string of the molecule is CC(C)[C@H](N)C(=O)N[C@@H](CCC(=O)O)C(=O)N[C@@H](CCC(=O)O)C(=O)N[C@@H](Cc1ccc(O)cc1)C(=O)N[C@@H](CO)C(=O)N[C@@H](CO)C(=O)N[C@@H](CO)C(=O)NCC(=O)N[C@H](C(=O)N[C@@H](CO)C(=O)O)C(C)C. The first kappa shape index (κ1) is 63.5. The lowest BCUT2D eigenvalue weighted by molar-refractivity contribution is -0.143. The van der Waals surface area contributed by atoms with Crippen molar-refractivity contribution < 1.29 is 98.4 Å². The lowest BCUT2D eigenvalue weighted by Crippen LogP contribution is -2.61. The summed E-state index contributed by atoms with van der Waals surface area (Å²) in [6.45, 7) is 0.904. The van der Waals surface area contributed by atoms with Crippen molar-refractivity contribution in [3.05, 3.63) is 29.8 Å². The third-order valence-corrected chi connectivity index (χ3v) is 10.5. The van der Waals surface area contributed by atoms with Gasteiger partial charge in [0.25, 0.3) is 0 Å². The van der Waals surface area contributed by atoms with Crippen LogP contribution < -0.4 is 53.6 Å². The summed E-state index contributed by atoms with van der Waals surface area (Å²) in [6, 6.07) is -9.89. The van der Waals surface area contributed by atoms with E-state index >= 15 is 0 Å². The highest BCUT2D eigenvalue weighted by Gasteiger charge is 2.35. The maximum atomic E-state index is 13.9. The van der Waals surface area contributed by atoms with Gasteiger partial charge in [0.15, 0.2) is 0 Å². The van der Waals surface area contributed by atoms with Crippen molar-refractivity contribution in [3.63, 3.8) is 0 Å². The molecule has 0 unspecified atom stereocenters. The highest BCUT2D eigenvalue weighted by molar-refractivity contribution is 5.98. The number of aliphatic hydroxyl groups is 4. The minimum atomic E-state index is -1.96. The Kier molecular flexibility index (Phi) is 27.6. The van der Waals surface area contributed by atoms with Gasteiger partial charge in [-0.3, -0.25) is 52.7 Å². The summed E-state index contributed by atoms with van der Waals surface area (Å²) in [7, 11) is 0. The number of amides is 9. The average Bonchev–Trinajstić information content (AvgIpc) is 3.33. The molecule has 0 saturated heterocycles. The van der Waals surface area contributed by atoms with Gasteiger partial charge in [-0.15, -0.1) is 0 Å². The van der Waals surface area contributed by atoms with Gasteiger partial charge in [-0.1, -0.05) is 39.8 Å². The molecule has 0 spiro atoms. The van der Waals surface area contributed by atoms with E-state index in [1.807, 2.05) is 16.0 Å². The smallest absolute Gasteiger partial charge is 0.328 e. The zero-order valence-corrected chi connectivity index (χ0v) is 40.3. The van der Waals surface area contributed by atoms with Crippen LogP contribution in [0.15, 0.2) is 24.3 Å². The first-order valence-electron chi connectivity index (χ1n) is 22.5. The van der Waals surface area contributed by atoms with Crippen molar-refractivity contribution >= 4 is 71.1 Å². The van der Waals surface area contributed by atoms with Crippen LogP contribution in [-0.4, -0.2) is 199 Å². The summed E-state index contributed by atoms with van der Waals surface area (Å²) in [5.41, 5.74) is 6.15. The molecule has 1 aromatic carbocycles. The summed E-state index contributed by atoms with van der Waals surface area (Å²) in [4.78, 5) is 153. The van der Waals surface area contributed by atoms with E-state index < -0.39 is 202 Å². The summed E-state index contributed by atoms with van der Waals surface area (Å²) >= 11 is 0. The van der Waals surface area contributed by atoms with Crippen LogP contribution in [0.2, 0.25) is 0 Å². The fourth-order valence-electron chi connectivity index (χ4n) is 6.16. The number of aliphatic hydroxyl groups excluding tert-OH is 4. The van der Waals surface area contributed by atoms with Gasteiger partial charge in [0.05, 0.1) is 39.0 Å². The van der Waals surface area contributed by atoms with Gasteiger partial charge in [-0.25, -0.2) is 4.79 Å². The number of carbonyl (C=O) groups excluding carboxylic acids is 9. The standard InChI is InChI=1S/C43H66N10O20/c1-19(2)33(44)41(70)47-24(10-12-32(62)63)36(65)46-23(9-11-31(60)61)37(66)48-25(13-21-5-7-22(58)8-6-21)38(67)50-27(16-55)40(69)51-28(17-56)39(68)49-26(15-54)35(64)45-14-30(59)53-34(20(3)4)42(71)52-29(18-57)43(72)73/h5-8,19-20,23-29,33-34,54-58H,9-18,44H2,1-4H3,(H,45,64)(H,46,65)(H,47,70)(H,48,66)(H,49,68)(H,50,67)(H,51,69)(H,52,71)(H,53,59)(H,60,61)(H,62,63)(H,72,73)/t23-,24-,25-,26-,27-,28-,29-,33-,34-/m0/s1. The molecule has 408 valence electrons. The second-order valence-electron chi connectivity index (χ2n) is 17.0. The van der Waals surface area contributed by atoms with Gasteiger partial charge >= 0.3 is 17.9 Å². The molecule has 73 heavy (non-hydrogen) atoms. The first-order valence-corrected chi connectivity index (χ1v) is 22.5. The number of rotatable bonds is 33. The van der Waals surface area contributed by atoms with Gasteiger partial charge in [0.1, 0.15) is 54.1 Å². The third kappa shape index (κ3) is 22.6. The summed E-state index contributed by atoms with van der Waals surface area (Å²) in [5.74, 6) is -15.7. The zero-order chi connectivity index (χ0) is 55.7. The van der Waals surface area contributed by atoms with E-state index in [0.29, 0.717) is 0 Å². The molecule has 0 heterocycles. The van der Waals surface area contributed by atoms with E-state index in [9.17, 15) is 93.3 Å². The van der Waals surface area contributed by atoms with Crippen LogP contribution in [-0.2, 0) is 64.0 Å². The Labute approximate surface area is 417 Å². The molecule has 0 aliphatic carbocycles. The monoisotopic (exact) mass is 1040 g/mol. The van der Waals surface area contributed by atoms with Crippen LogP contribution in [0, 0.1) is 11.8 Å². The van der Waals surface area contributed by atoms with Gasteiger partial charge in [0.2, 0.25) is 53.2 Å². The van der Waals surface area contributed by atoms with Crippen LogP contribution in [0.4, 0.5) is 0 Å². The van der Waals surface area contributed by atoms with Gasteiger partial charge in [-0.05, 0) is 42.4 Å². The minimum Gasteiger partial charge on any atom is -0.508 e. The minimum absolute atomic E-state index is 0.199. The molecule has 30 heteroatoms. The lowest BCUT2D eigenvalue weighted by atomic mass is 10.0. The Morgan fingerprint density at radius 1 is 0.466 bits per heavy atom. The number of nitrogens with two attached hydrogens (primary N) is 1. The van der Waals surface area contributed by atoms with Crippen molar-refractivity contribution in [3.8, 4) is 5.75 Å². The highest BCUT2D eigenvalue weighted by Crippen LogP contribution is 2.13. The van der Waals surface area contributed by atoms with Gasteiger partial charge in [-0.2, -0.15) is 0 Å². The van der Waals surface area contributed by atoms with E-state index in [1.165, 1.54) is 38.1 Å². The molecule has 0 saturated carbocycles. The highest BCUT2D eigenvalue weighted by atomic mass is 16.4. The number of carboxylic acid groups (broad SMARTS) is 3. The molecule has 0 aliphatic heterocycles. The molecule has 30 nitrogen and oxygen atoms in total. The normalized spacial score (nSPS) is 14.7. The first-order chi connectivity index (χ1) is 34.2. The quantitative estimate of drug-likeness (QED) is 0.0311. The molecule has 9 atom stereocenters. The van der Waals surface area contributed by atoms with Crippen molar-refractivity contribution in [1.29, 1.82) is 0 Å². The van der Waals surface area contributed by atoms with Crippen LogP contribution in [0.1, 0.15) is 58.9 Å². The number of aromatic hydroxyl groups is 1. The number of phenols is 1. The van der Waals surface area contributed by atoms with Crippen LogP contribution in [0.3, 0.4) is 0 Å². The Morgan fingerprint density at radius 3 is 1.23 bits per heavy atom. The number of carbonyl (C=O) groups is 12. The fourth-order valence-corrected chi connectivity index (χ4v) is 6.16. The predicted molar refractivity (Wildman–Crippen MR) is 248 cm³/mol. The number of nitrogens with one attached hydrogen (secondary N) is 9. The van der Waals surface area contributed by atoms with Gasteiger partial charge < -0.3 is 94.4 Å². The Bertz CT molecular complexity index is 2110.